The first-order valence-corrected chi connectivity index (χ1v) is 8.00. The van der Waals surface area contributed by atoms with Crippen LogP contribution in [0.2, 0.25) is 0 Å². The minimum atomic E-state index is 0.0789. The van der Waals surface area contributed by atoms with E-state index in [-0.39, 0.29) is 5.91 Å². The Bertz CT molecular complexity index is 508. The van der Waals surface area contributed by atoms with Crippen molar-refractivity contribution in [1.82, 2.24) is 9.80 Å². The van der Waals surface area contributed by atoms with Gasteiger partial charge in [-0.05, 0) is 46.8 Å². The Morgan fingerprint density at radius 2 is 1.95 bits per heavy atom. The van der Waals surface area contributed by atoms with Crippen molar-refractivity contribution >= 4 is 27.5 Å². The third kappa shape index (κ3) is 2.99. The van der Waals surface area contributed by atoms with Crippen molar-refractivity contribution in [2.45, 2.75) is 12.8 Å². The fourth-order valence-electron chi connectivity index (χ4n) is 2.68. The number of rotatable bonds is 3. The number of hydrogen-bond donors (Lipinski definition) is 1. The summed E-state index contributed by atoms with van der Waals surface area (Å²) < 4.78 is 0.713. The molecule has 20 heavy (non-hydrogen) atoms. The molecule has 1 saturated heterocycles. The maximum Gasteiger partial charge on any atom is 0.255 e. The standard InChI is InChI=1S/C15H20BrN3O/c16-14-12(2-1-3-13(14)17)15(20)19-8-6-18(7-9-19)10-11-4-5-11/h1-3,11H,4-10,17H2. The van der Waals surface area contributed by atoms with Gasteiger partial charge in [-0.2, -0.15) is 0 Å². The zero-order valence-corrected chi connectivity index (χ0v) is 13.1. The summed E-state index contributed by atoms with van der Waals surface area (Å²) in [5, 5.41) is 0. The zero-order valence-electron chi connectivity index (χ0n) is 11.5. The lowest BCUT2D eigenvalue weighted by atomic mass is 10.1. The van der Waals surface area contributed by atoms with Crippen molar-refractivity contribution in [1.29, 1.82) is 0 Å². The molecule has 2 aliphatic rings. The highest BCUT2D eigenvalue weighted by Gasteiger charge is 2.28. The number of halogens is 1. The molecule has 0 bridgehead atoms. The number of amides is 1. The molecule has 1 aliphatic heterocycles. The van der Waals surface area contributed by atoms with E-state index in [9.17, 15) is 4.79 Å². The van der Waals surface area contributed by atoms with Gasteiger partial charge in [-0.3, -0.25) is 9.69 Å². The van der Waals surface area contributed by atoms with Gasteiger partial charge in [0.2, 0.25) is 0 Å². The minimum absolute atomic E-state index is 0.0789. The Kier molecular flexibility index (Phi) is 3.98. The second kappa shape index (κ2) is 5.74. The Morgan fingerprint density at radius 1 is 1.25 bits per heavy atom. The van der Waals surface area contributed by atoms with Crippen LogP contribution in [0, 0.1) is 5.92 Å². The van der Waals surface area contributed by atoms with Crippen molar-refractivity contribution in [2.24, 2.45) is 5.92 Å². The van der Waals surface area contributed by atoms with Crippen LogP contribution < -0.4 is 5.73 Å². The molecule has 0 spiro atoms. The summed E-state index contributed by atoms with van der Waals surface area (Å²) >= 11 is 3.42. The summed E-state index contributed by atoms with van der Waals surface area (Å²) in [6.07, 6.45) is 2.77. The van der Waals surface area contributed by atoms with Crippen LogP contribution >= 0.6 is 15.9 Å². The van der Waals surface area contributed by atoms with Gasteiger partial charge in [0.1, 0.15) is 0 Å². The summed E-state index contributed by atoms with van der Waals surface area (Å²) in [5.41, 5.74) is 7.13. The molecule has 1 aromatic rings. The van der Waals surface area contributed by atoms with Gasteiger partial charge in [0.25, 0.3) is 5.91 Å². The SMILES string of the molecule is Nc1cccc(C(=O)N2CCN(CC3CC3)CC2)c1Br. The average Bonchev–Trinajstić information content (AvgIpc) is 3.26. The molecule has 0 unspecified atom stereocenters. The van der Waals surface area contributed by atoms with Gasteiger partial charge in [-0.15, -0.1) is 0 Å². The van der Waals surface area contributed by atoms with Crippen LogP contribution in [-0.4, -0.2) is 48.4 Å². The van der Waals surface area contributed by atoms with Crippen LogP contribution in [0.3, 0.4) is 0 Å². The van der Waals surface area contributed by atoms with Gasteiger partial charge in [0, 0.05) is 38.4 Å². The number of carbonyl (C=O) groups is 1. The lowest BCUT2D eigenvalue weighted by molar-refractivity contribution is 0.0631. The summed E-state index contributed by atoms with van der Waals surface area (Å²) in [6, 6.07) is 5.46. The quantitative estimate of drug-likeness (QED) is 0.860. The first kappa shape index (κ1) is 13.9. The van der Waals surface area contributed by atoms with E-state index in [0.717, 1.165) is 32.1 Å². The highest BCUT2D eigenvalue weighted by atomic mass is 79.9. The topological polar surface area (TPSA) is 49.6 Å². The van der Waals surface area contributed by atoms with E-state index >= 15 is 0 Å². The van der Waals surface area contributed by atoms with Gasteiger partial charge < -0.3 is 10.6 Å². The zero-order chi connectivity index (χ0) is 14.1. The Hall–Kier alpha value is -1.07. The molecular weight excluding hydrogens is 318 g/mol. The van der Waals surface area contributed by atoms with Crippen molar-refractivity contribution < 1.29 is 4.79 Å². The van der Waals surface area contributed by atoms with Crippen LogP contribution in [0.4, 0.5) is 5.69 Å². The van der Waals surface area contributed by atoms with Gasteiger partial charge in [0.15, 0.2) is 0 Å². The molecule has 2 fully saturated rings. The summed E-state index contributed by atoms with van der Waals surface area (Å²) in [4.78, 5) is 17.0. The molecule has 1 heterocycles. The van der Waals surface area contributed by atoms with E-state index in [2.05, 4.69) is 20.8 Å². The van der Waals surface area contributed by atoms with Gasteiger partial charge in [-0.25, -0.2) is 0 Å². The molecule has 1 aromatic carbocycles. The molecule has 1 saturated carbocycles. The van der Waals surface area contributed by atoms with Crippen LogP contribution in [0.15, 0.2) is 22.7 Å². The second-order valence-electron chi connectivity index (χ2n) is 5.74. The third-order valence-corrected chi connectivity index (χ3v) is 5.02. The molecule has 0 radical (unpaired) electrons. The number of nitrogen functional groups attached to an aromatic ring is 1. The predicted molar refractivity (Wildman–Crippen MR) is 83.6 cm³/mol. The summed E-state index contributed by atoms with van der Waals surface area (Å²) in [7, 11) is 0. The first-order chi connectivity index (χ1) is 9.65. The van der Waals surface area contributed by atoms with Crippen molar-refractivity contribution in [2.75, 3.05) is 38.5 Å². The molecule has 3 rings (SSSR count). The highest BCUT2D eigenvalue weighted by Crippen LogP contribution is 2.30. The normalized spacial score (nSPS) is 20.1. The molecule has 0 aromatic heterocycles. The third-order valence-electron chi connectivity index (χ3n) is 4.13. The monoisotopic (exact) mass is 337 g/mol. The molecule has 2 N–H and O–H groups in total. The van der Waals surface area contributed by atoms with Crippen LogP contribution in [0.5, 0.6) is 0 Å². The number of nitrogens with zero attached hydrogens (tertiary/aromatic N) is 2. The number of benzene rings is 1. The van der Waals surface area contributed by atoms with E-state index in [1.54, 1.807) is 6.07 Å². The van der Waals surface area contributed by atoms with Crippen molar-refractivity contribution in [3.63, 3.8) is 0 Å². The summed E-state index contributed by atoms with van der Waals surface area (Å²) in [6.45, 7) is 4.81. The maximum atomic E-state index is 12.5. The second-order valence-corrected chi connectivity index (χ2v) is 6.54. The smallest absolute Gasteiger partial charge is 0.255 e. The Labute approximate surface area is 128 Å². The summed E-state index contributed by atoms with van der Waals surface area (Å²) in [5.74, 6) is 0.996. The number of carbonyl (C=O) groups excluding carboxylic acids is 1. The molecule has 1 amide bonds. The molecule has 4 nitrogen and oxygen atoms in total. The van der Waals surface area contributed by atoms with Gasteiger partial charge in [-0.1, -0.05) is 6.07 Å². The largest absolute Gasteiger partial charge is 0.398 e. The lowest BCUT2D eigenvalue weighted by Crippen LogP contribution is -2.49. The number of piperazine rings is 1. The van der Waals surface area contributed by atoms with Gasteiger partial charge >= 0.3 is 0 Å². The number of nitrogens with two attached hydrogens (primary N) is 1. The number of hydrogen-bond acceptors (Lipinski definition) is 3. The number of anilines is 1. The van der Waals surface area contributed by atoms with E-state index in [0.29, 0.717) is 15.7 Å². The minimum Gasteiger partial charge on any atom is -0.398 e. The Balaban J connectivity index is 1.62. The Morgan fingerprint density at radius 3 is 2.60 bits per heavy atom. The highest BCUT2D eigenvalue weighted by molar-refractivity contribution is 9.10. The van der Waals surface area contributed by atoms with E-state index in [1.807, 2.05) is 17.0 Å². The van der Waals surface area contributed by atoms with E-state index in [1.165, 1.54) is 19.4 Å². The van der Waals surface area contributed by atoms with Crippen molar-refractivity contribution in [3.05, 3.63) is 28.2 Å². The van der Waals surface area contributed by atoms with Crippen molar-refractivity contribution in [3.8, 4) is 0 Å². The van der Waals surface area contributed by atoms with E-state index in [4.69, 9.17) is 5.73 Å². The first-order valence-electron chi connectivity index (χ1n) is 7.21. The predicted octanol–water partition coefficient (Wildman–Crippen LogP) is 2.20. The molecular formula is C15H20BrN3O. The molecule has 1 aliphatic carbocycles. The lowest BCUT2D eigenvalue weighted by Gasteiger charge is -2.35. The van der Waals surface area contributed by atoms with Crippen LogP contribution in [0.25, 0.3) is 0 Å². The molecule has 5 heteroatoms. The van der Waals surface area contributed by atoms with Crippen LogP contribution in [0.1, 0.15) is 23.2 Å². The van der Waals surface area contributed by atoms with E-state index < -0.39 is 0 Å². The maximum absolute atomic E-state index is 12.5. The fourth-order valence-corrected chi connectivity index (χ4v) is 3.12. The average molecular weight is 338 g/mol. The molecule has 108 valence electrons. The molecule has 0 atom stereocenters. The fraction of sp³-hybridized carbons (Fsp3) is 0.533. The van der Waals surface area contributed by atoms with Gasteiger partial charge in [0.05, 0.1) is 10.0 Å². The van der Waals surface area contributed by atoms with Crippen LogP contribution in [-0.2, 0) is 0 Å².